The summed E-state index contributed by atoms with van der Waals surface area (Å²) in [6.45, 7) is 0.872. The number of imidazole rings is 1. The fourth-order valence-corrected chi connectivity index (χ4v) is 3.29. The Labute approximate surface area is 149 Å². The topological polar surface area (TPSA) is 78.7 Å². The van der Waals surface area contributed by atoms with E-state index in [4.69, 9.17) is 4.74 Å². The van der Waals surface area contributed by atoms with E-state index in [9.17, 15) is 10.0 Å². The van der Waals surface area contributed by atoms with Crippen molar-refractivity contribution < 1.29 is 9.38 Å². The molecule has 0 amide bonds. The summed E-state index contributed by atoms with van der Waals surface area (Å²) in [5.41, 5.74) is 2.98. The van der Waals surface area contributed by atoms with Gasteiger partial charge < -0.3 is 19.9 Å². The summed E-state index contributed by atoms with van der Waals surface area (Å²) in [6, 6.07) is 9.19. The first-order valence-electron chi connectivity index (χ1n) is 8.40. The molecule has 0 atom stereocenters. The van der Waals surface area contributed by atoms with Gasteiger partial charge in [0.25, 0.3) is 0 Å². The number of aromatic nitrogens is 2. The Hall–Kier alpha value is -2.90. The zero-order valence-corrected chi connectivity index (χ0v) is 14.9. The summed E-state index contributed by atoms with van der Waals surface area (Å²) in [5, 5.41) is 16.2. The van der Waals surface area contributed by atoms with Crippen LogP contribution in [0.5, 0.6) is 5.75 Å². The van der Waals surface area contributed by atoms with Gasteiger partial charge in [0.1, 0.15) is 12.1 Å². The van der Waals surface area contributed by atoms with E-state index in [2.05, 4.69) is 10.3 Å². The number of methoxy groups -OCH3 is 1. The number of quaternary nitrogens is 1. The zero-order valence-electron chi connectivity index (χ0n) is 14.9. The van der Waals surface area contributed by atoms with Crippen LogP contribution in [0.2, 0.25) is 0 Å². The minimum Gasteiger partial charge on any atom is -0.633 e. The molecule has 0 aliphatic rings. The number of rotatable bonds is 5. The lowest BCUT2D eigenvalue weighted by Gasteiger charge is -2.33. The summed E-state index contributed by atoms with van der Waals surface area (Å²) in [5.74, 6) is 0.632. The van der Waals surface area contributed by atoms with Crippen LogP contribution in [0.4, 0.5) is 5.69 Å². The van der Waals surface area contributed by atoms with E-state index in [-0.39, 0.29) is 5.43 Å². The molecule has 0 spiro atoms. The number of benzene rings is 2. The second-order valence-electron chi connectivity index (χ2n) is 6.91. The van der Waals surface area contributed by atoms with E-state index in [1.165, 1.54) is 0 Å². The van der Waals surface area contributed by atoms with Crippen LogP contribution in [0.1, 0.15) is 0 Å². The first kappa shape index (κ1) is 16.6. The quantitative estimate of drug-likeness (QED) is 0.339. The Morgan fingerprint density at radius 2 is 2.08 bits per heavy atom. The average molecular weight is 352 g/mol. The number of hydrogen-bond acceptors (Lipinski definition) is 5. The maximum Gasteiger partial charge on any atom is 0.199 e. The molecular formula is C19H20N4O3. The van der Waals surface area contributed by atoms with Crippen molar-refractivity contribution in [2.24, 2.45) is 0 Å². The second kappa shape index (κ2) is 5.82. The van der Waals surface area contributed by atoms with Crippen molar-refractivity contribution in [3.8, 4) is 5.75 Å². The monoisotopic (exact) mass is 352 g/mol. The molecule has 2 heterocycles. The maximum atomic E-state index is 13.2. The summed E-state index contributed by atoms with van der Waals surface area (Å²) >= 11 is 0. The van der Waals surface area contributed by atoms with Gasteiger partial charge in [0.2, 0.25) is 0 Å². The molecule has 0 aliphatic carbocycles. The van der Waals surface area contributed by atoms with E-state index >= 15 is 0 Å². The lowest BCUT2D eigenvalue weighted by atomic mass is 10.1. The first-order valence-corrected chi connectivity index (χ1v) is 8.40. The lowest BCUT2D eigenvalue weighted by molar-refractivity contribution is -0.838. The molecule has 134 valence electrons. The highest BCUT2D eigenvalue weighted by Gasteiger charge is 2.17. The maximum absolute atomic E-state index is 13.2. The molecule has 7 heteroatoms. The standard InChI is InChI=1S/C19H20N4O3/c1-23(2,25)9-8-20-14-5-6-15-18-17(14)19(24)13-10-12(26-3)4-7-16(13)22(18)11-21-15/h4-7,10-11,20H,8-9H2,1-3H3. The van der Waals surface area contributed by atoms with Gasteiger partial charge in [-0.15, -0.1) is 0 Å². The van der Waals surface area contributed by atoms with E-state index < -0.39 is 4.65 Å². The van der Waals surface area contributed by atoms with Crippen molar-refractivity contribution >= 4 is 33.0 Å². The third-order valence-electron chi connectivity index (χ3n) is 4.61. The Kier molecular flexibility index (Phi) is 3.71. The Balaban J connectivity index is 1.96. The Morgan fingerprint density at radius 3 is 2.81 bits per heavy atom. The van der Waals surface area contributed by atoms with E-state index in [0.29, 0.717) is 35.3 Å². The molecule has 0 saturated carbocycles. The van der Waals surface area contributed by atoms with Crippen molar-refractivity contribution in [2.45, 2.75) is 0 Å². The van der Waals surface area contributed by atoms with Crippen LogP contribution in [-0.2, 0) is 0 Å². The summed E-state index contributed by atoms with van der Waals surface area (Å²) in [6.07, 6.45) is 1.73. The predicted octanol–water partition coefficient (Wildman–Crippen LogP) is 2.43. The van der Waals surface area contributed by atoms with Gasteiger partial charge in [-0.05, 0) is 30.3 Å². The number of hydroxylamine groups is 3. The Bertz CT molecular complexity index is 1160. The number of anilines is 1. The molecule has 7 nitrogen and oxygen atoms in total. The number of pyridine rings is 1. The molecule has 4 aromatic rings. The number of nitrogens with one attached hydrogen (secondary N) is 1. The molecule has 0 radical (unpaired) electrons. The van der Waals surface area contributed by atoms with Gasteiger partial charge in [-0.3, -0.25) is 9.20 Å². The molecular weight excluding hydrogens is 332 g/mol. The molecule has 0 saturated heterocycles. The zero-order chi connectivity index (χ0) is 18.5. The smallest absolute Gasteiger partial charge is 0.199 e. The highest BCUT2D eigenvalue weighted by molar-refractivity contribution is 6.07. The van der Waals surface area contributed by atoms with Crippen molar-refractivity contribution in [1.82, 2.24) is 9.38 Å². The first-order chi connectivity index (χ1) is 12.4. The summed E-state index contributed by atoms with van der Waals surface area (Å²) in [7, 11) is 4.77. The van der Waals surface area contributed by atoms with Gasteiger partial charge in [-0.25, -0.2) is 4.98 Å². The summed E-state index contributed by atoms with van der Waals surface area (Å²) in [4.78, 5) is 17.7. The van der Waals surface area contributed by atoms with E-state index in [1.54, 1.807) is 33.6 Å². The minimum absolute atomic E-state index is 0.0733. The van der Waals surface area contributed by atoms with E-state index in [1.807, 2.05) is 28.7 Å². The normalized spacial score (nSPS) is 12.3. The Morgan fingerprint density at radius 1 is 1.27 bits per heavy atom. The van der Waals surface area contributed by atoms with Crippen LogP contribution in [0, 0.1) is 5.21 Å². The van der Waals surface area contributed by atoms with Crippen molar-refractivity contribution in [3.05, 3.63) is 52.1 Å². The number of fused-ring (bicyclic) bond motifs is 2. The molecule has 0 bridgehead atoms. The highest BCUT2D eigenvalue weighted by atomic mass is 16.5. The number of ether oxygens (including phenoxy) is 1. The van der Waals surface area contributed by atoms with Gasteiger partial charge in [-0.1, -0.05) is 0 Å². The third-order valence-corrected chi connectivity index (χ3v) is 4.61. The SMILES string of the molecule is COc1ccc2c(c1)c(=O)c1c(NCC[N+](C)(C)[O-])ccc3ncn2c31. The molecule has 0 unspecified atom stereocenters. The van der Waals surface area contributed by atoms with Crippen molar-refractivity contribution in [2.75, 3.05) is 39.6 Å². The van der Waals surface area contributed by atoms with Gasteiger partial charge >= 0.3 is 0 Å². The molecule has 2 aromatic heterocycles. The largest absolute Gasteiger partial charge is 0.633 e. The van der Waals surface area contributed by atoms with Crippen LogP contribution in [0.3, 0.4) is 0 Å². The predicted molar refractivity (Wildman–Crippen MR) is 103 cm³/mol. The van der Waals surface area contributed by atoms with E-state index in [0.717, 1.165) is 16.6 Å². The second-order valence-corrected chi connectivity index (χ2v) is 6.91. The minimum atomic E-state index is -0.392. The molecule has 1 N–H and O–H groups in total. The van der Waals surface area contributed by atoms with Crippen molar-refractivity contribution in [3.63, 3.8) is 0 Å². The van der Waals surface area contributed by atoms with Crippen LogP contribution in [0.25, 0.3) is 27.3 Å². The fraction of sp³-hybridized carbons (Fsp3) is 0.263. The number of nitrogens with zero attached hydrogens (tertiary/aromatic N) is 3. The van der Waals surface area contributed by atoms with Crippen LogP contribution >= 0.6 is 0 Å². The third kappa shape index (κ3) is 2.61. The van der Waals surface area contributed by atoms with Gasteiger partial charge in [0.15, 0.2) is 5.43 Å². The number of likely N-dealkylation sites (N-methyl/N-ethyl adjacent to an activating group) is 1. The van der Waals surface area contributed by atoms with Crippen LogP contribution < -0.4 is 15.5 Å². The molecule has 2 aromatic carbocycles. The van der Waals surface area contributed by atoms with Gasteiger partial charge in [0.05, 0.1) is 61.6 Å². The molecule has 0 aliphatic heterocycles. The average Bonchev–Trinajstić information content (AvgIpc) is 3.03. The van der Waals surface area contributed by atoms with Crippen molar-refractivity contribution in [1.29, 1.82) is 0 Å². The van der Waals surface area contributed by atoms with Crippen LogP contribution in [-0.4, -0.2) is 48.3 Å². The molecule has 26 heavy (non-hydrogen) atoms. The van der Waals surface area contributed by atoms with Gasteiger partial charge in [-0.2, -0.15) is 0 Å². The van der Waals surface area contributed by atoms with Gasteiger partial charge in [0, 0.05) is 5.69 Å². The summed E-state index contributed by atoms with van der Waals surface area (Å²) < 4.78 is 6.81. The highest BCUT2D eigenvalue weighted by Crippen LogP contribution is 2.29. The lowest BCUT2D eigenvalue weighted by Crippen LogP contribution is -2.36. The van der Waals surface area contributed by atoms with Crippen LogP contribution in [0.15, 0.2) is 41.5 Å². The fourth-order valence-electron chi connectivity index (χ4n) is 3.29. The molecule has 0 fully saturated rings. The number of hydrogen-bond donors (Lipinski definition) is 1. The molecule has 4 rings (SSSR count).